The quantitative estimate of drug-likeness (QED) is 0.933. The first-order chi connectivity index (χ1) is 12.3. The van der Waals surface area contributed by atoms with Crippen molar-refractivity contribution in [2.45, 2.75) is 49.9 Å². The number of ether oxygens (including phenoxy) is 2. The van der Waals surface area contributed by atoms with Gasteiger partial charge in [0.2, 0.25) is 0 Å². The lowest BCUT2D eigenvalue weighted by Crippen LogP contribution is -2.38. The second-order valence-corrected chi connectivity index (χ2v) is 7.55. The fraction of sp³-hybridized carbons (Fsp3) is 0.550. The summed E-state index contributed by atoms with van der Waals surface area (Å²) in [5, 5.41) is 10.9. The molecular weight excluding hydrogens is 316 g/mol. The van der Waals surface area contributed by atoms with Crippen LogP contribution >= 0.6 is 0 Å². The summed E-state index contributed by atoms with van der Waals surface area (Å²) in [5.41, 5.74) is 3.69. The maximum atomic E-state index is 10.9. The van der Waals surface area contributed by atoms with E-state index in [-0.39, 0.29) is 17.8 Å². The van der Waals surface area contributed by atoms with Gasteiger partial charge < -0.3 is 19.1 Å². The molecule has 1 aromatic heterocycles. The lowest BCUT2D eigenvalue weighted by atomic mass is 9.78. The highest BCUT2D eigenvalue weighted by Crippen LogP contribution is 2.44. The molecule has 2 aliphatic heterocycles. The maximum Gasteiger partial charge on any atom is 0.168 e. The third kappa shape index (κ3) is 2.53. The Balaban J connectivity index is 1.31. The van der Waals surface area contributed by atoms with Crippen molar-refractivity contribution in [2.75, 3.05) is 13.2 Å². The average Bonchev–Trinajstić information content (AvgIpc) is 3.35. The predicted molar refractivity (Wildman–Crippen MR) is 92.6 cm³/mol. The standard InChI is InChI=1S/C20H24N2O3/c23-19(14-5-7-20(8-6-14)24-9-10-25-20)11-16-15-3-1-2-4-17(15)22-13-21-12-18(16)22/h1-4,12-14,16,19,23H,5-11H2. The molecule has 2 atom stereocenters. The Morgan fingerprint density at radius 1 is 1.20 bits per heavy atom. The van der Waals surface area contributed by atoms with Gasteiger partial charge in [0.05, 0.1) is 37.0 Å². The van der Waals surface area contributed by atoms with E-state index in [1.54, 1.807) is 0 Å². The Bertz CT molecular complexity index is 756. The molecule has 0 radical (unpaired) electrons. The van der Waals surface area contributed by atoms with Crippen LogP contribution < -0.4 is 0 Å². The Labute approximate surface area is 147 Å². The molecular formula is C20H24N2O3. The lowest BCUT2D eigenvalue weighted by molar-refractivity contribution is -0.187. The van der Waals surface area contributed by atoms with E-state index in [1.807, 2.05) is 12.5 Å². The zero-order valence-electron chi connectivity index (χ0n) is 14.3. The van der Waals surface area contributed by atoms with Gasteiger partial charge in [-0.1, -0.05) is 18.2 Å². The van der Waals surface area contributed by atoms with Crippen molar-refractivity contribution in [1.29, 1.82) is 0 Å². The van der Waals surface area contributed by atoms with Crippen LogP contribution in [-0.4, -0.2) is 39.8 Å². The predicted octanol–water partition coefficient (Wildman–Crippen LogP) is 3.00. The van der Waals surface area contributed by atoms with Crippen LogP contribution in [-0.2, 0) is 9.47 Å². The molecule has 0 amide bonds. The van der Waals surface area contributed by atoms with Crippen molar-refractivity contribution in [3.63, 3.8) is 0 Å². The summed E-state index contributed by atoms with van der Waals surface area (Å²) in [6.45, 7) is 1.41. The fourth-order valence-corrected chi connectivity index (χ4v) is 4.86. The summed E-state index contributed by atoms with van der Waals surface area (Å²) < 4.78 is 13.8. The van der Waals surface area contributed by atoms with E-state index in [0.717, 1.165) is 32.1 Å². The van der Waals surface area contributed by atoms with Gasteiger partial charge in [-0.25, -0.2) is 4.98 Å². The van der Waals surface area contributed by atoms with Gasteiger partial charge in [0.15, 0.2) is 5.79 Å². The number of hydrogen-bond donors (Lipinski definition) is 1. The molecule has 3 aliphatic rings. The van der Waals surface area contributed by atoms with Crippen LogP contribution in [0, 0.1) is 5.92 Å². The Hall–Kier alpha value is -1.69. The molecule has 5 rings (SSSR count). The third-order valence-corrected chi connectivity index (χ3v) is 6.22. The van der Waals surface area contributed by atoms with Gasteiger partial charge in [-0.15, -0.1) is 0 Å². The number of fused-ring (bicyclic) bond motifs is 3. The second-order valence-electron chi connectivity index (χ2n) is 7.55. The molecule has 1 N–H and O–H groups in total. The van der Waals surface area contributed by atoms with Crippen LogP contribution in [0.5, 0.6) is 0 Å². The van der Waals surface area contributed by atoms with Crippen LogP contribution in [0.4, 0.5) is 0 Å². The first-order valence-corrected chi connectivity index (χ1v) is 9.33. The van der Waals surface area contributed by atoms with Gasteiger partial charge in [0, 0.05) is 25.0 Å². The van der Waals surface area contributed by atoms with Crippen LogP contribution in [0.3, 0.4) is 0 Å². The monoisotopic (exact) mass is 340 g/mol. The third-order valence-electron chi connectivity index (χ3n) is 6.22. The van der Waals surface area contributed by atoms with Gasteiger partial charge in [0.1, 0.15) is 0 Å². The van der Waals surface area contributed by atoms with E-state index >= 15 is 0 Å². The molecule has 5 heteroatoms. The van der Waals surface area contributed by atoms with Crippen molar-refractivity contribution in [3.05, 3.63) is 48.0 Å². The van der Waals surface area contributed by atoms with E-state index in [0.29, 0.717) is 19.1 Å². The molecule has 1 spiro atoms. The largest absolute Gasteiger partial charge is 0.393 e. The molecule has 1 saturated heterocycles. The van der Waals surface area contributed by atoms with Crippen LogP contribution in [0.1, 0.15) is 49.3 Å². The smallest absolute Gasteiger partial charge is 0.168 e. The Morgan fingerprint density at radius 3 is 2.76 bits per heavy atom. The summed E-state index contributed by atoms with van der Waals surface area (Å²) >= 11 is 0. The number of aromatic nitrogens is 2. The number of aliphatic hydroxyl groups is 1. The van der Waals surface area contributed by atoms with Crippen LogP contribution in [0.2, 0.25) is 0 Å². The average molecular weight is 340 g/mol. The summed E-state index contributed by atoms with van der Waals surface area (Å²) in [6, 6.07) is 8.45. The molecule has 5 nitrogen and oxygen atoms in total. The summed E-state index contributed by atoms with van der Waals surface area (Å²) in [7, 11) is 0. The molecule has 25 heavy (non-hydrogen) atoms. The number of hydrogen-bond acceptors (Lipinski definition) is 4. The van der Waals surface area contributed by atoms with E-state index in [1.165, 1.54) is 16.9 Å². The van der Waals surface area contributed by atoms with E-state index in [2.05, 4.69) is 33.8 Å². The van der Waals surface area contributed by atoms with Gasteiger partial charge >= 0.3 is 0 Å². The summed E-state index contributed by atoms with van der Waals surface area (Å²) in [4.78, 5) is 4.31. The normalized spacial score (nSPS) is 25.9. The topological polar surface area (TPSA) is 56.5 Å². The number of rotatable bonds is 3. The molecule has 1 aromatic carbocycles. The van der Waals surface area contributed by atoms with Gasteiger partial charge in [-0.3, -0.25) is 0 Å². The molecule has 2 unspecified atom stereocenters. The number of para-hydroxylation sites is 1. The zero-order valence-corrected chi connectivity index (χ0v) is 14.3. The number of nitrogens with zero attached hydrogens (tertiary/aromatic N) is 2. The molecule has 132 valence electrons. The zero-order chi connectivity index (χ0) is 16.9. The molecule has 3 heterocycles. The minimum Gasteiger partial charge on any atom is -0.393 e. The first kappa shape index (κ1) is 15.6. The van der Waals surface area contributed by atoms with Crippen molar-refractivity contribution >= 4 is 0 Å². The highest BCUT2D eigenvalue weighted by atomic mass is 16.7. The highest BCUT2D eigenvalue weighted by Gasteiger charge is 2.42. The molecule has 2 aromatic rings. The highest BCUT2D eigenvalue weighted by molar-refractivity contribution is 5.53. The van der Waals surface area contributed by atoms with Gasteiger partial charge in [0.25, 0.3) is 0 Å². The number of benzene rings is 1. The van der Waals surface area contributed by atoms with Crippen LogP contribution in [0.15, 0.2) is 36.8 Å². The molecule has 0 bridgehead atoms. The summed E-state index contributed by atoms with van der Waals surface area (Å²) in [6.07, 6.45) is 7.99. The molecule has 2 fully saturated rings. The lowest BCUT2D eigenvalue weighted by Gasteiger charge is -2.37. The van der Waals surface area contributed by atoms with E-state index in [9.17, 15) is 5.11 Å². The van der Waals surface area contributed by atoms with Gasteiger partial charge in [-0.05, 0) is 36.8 Å². The van der Waals surface area contributed by atoms with Crippen molar-refractivity contribution in [2.24, 2.45) is 5.92 Å². The number of imidazole rings is 1. The van der Waals surface area contributed by atoms with Crippen molar-refractivity contribution < 1.29 is 14.6 Å². The minimum absolute atomic E-state index is 0.226. The van der Waals surface area contributed by atoms with Crippen molar-refractivity contribution in [3.8, 4) is 5.69 Å². The van der Waals surface area contributed by atoms with E-state index in [4.69, 9.17) is 9.47 Å². The first-order valence-electron chi connectivity index (χ1n) is 9.33. The fourth-order valence-electron chi connectivity index (χ4n) is 4.86. The molecule has 1 saturated carbocycles. The minimum atomic E-state index is -0.352. The Kier molecular flexibility index (Phi) is 3.69. The number of aliphatic hydroxyl groups excluding tert-OH is 1. The van der Waals surface area contributed by atoms with E-state index < -0.39 is 0 Å². The van der Waals surface area contributed by atoms with Crippen molar-refractivity contribution in [1.82, 2.24) is 9.55 Å². The SMILES string of the molecule is OC(CC1c2ccccc2-n2cncc21)C1CCC2(CC1)OCCO2. The summed E-state index contributed by atoms with van der Waals surface area (Å²) in [5.74, 6) is 0.195. The van der Waals surface area contributed by atoms with Gasteiger partial charge in [-0.2, -0.15) is 0 Å². The maximum absolute atomic E-state index is 10.9. The molecule has 1 aliphatic carbocycles. The Morgan fingerprint density at radius 2 is 1.96 bits per heavy atom. The van der Waals surface area contributed by atoms with Crippen LogP contribution in [0.25, 0.3) is 5.69 Å². The second kappa shape index (κ2) is 5.94.